The number of hydrogen-bond donors (Lipinski definition) is 0. The molecule has 0 heterocycles. The maximum atomic E-state index is 2.37. The average Bonchev–Trinajstić information content (AvgIpc) is 2.43. The molecule has 1 heteroatoms. The average molecular weight is 291 g/mol. The fourth-order valence-corrected chi connectivity index (χ4v) is 3.32. The Bertz CT molecular complexity index is 636. The van der Waals surface area contributed by atoms with Gasteiger partial charge in [-0.05, 0) is 52.5 Å². The Morgan fingerprint density at radius 2 is 1.18 bits per heavy atom. The zero-order chi connectivity index (χ0) is 16.4. The normalized spacial score (nSPS) is 12.3. The second-order valence-electron chi connectivity index (χ2n) is 6.83. The highest BCUT2D eigenvalue weighted by molar-refractivity contribution is 6.69. The van der Waals surface area contributed by atoms with Crippen LogP contribution in [0.2, 0.25) is 0 Å². The molecule has 1 unspecified atom stereocenters. The maximum Gasteiger partial charge on any atom is 0.192 e. The van der Waals surface area contributed by atoms with Crippen molar-refractivity contribution in [3.8, 4) is 0 Å². The molecule has 2 aromatic rings. The van der Waals surface area contributed by atoms with Crippen LogP contribution in [0.15, 0.2) is 24.3 Å². The molecule has 115 valence electrons. The van der Waals surface area contributed by atoms with Gasteiger partial charge in [-0.15, -0.1) is 0 Å². The fourth-order valence-electron chi connectivity index (χ4n) is 3.32. The third-order valence-electron chi connectivity index (χ3n) is 4.82. The van der Waals surface area contributed by atoms with Gasteiger partial charge in [-0.3, -0.25) is 0 Å². The van der Waals surface area contributed by atoms with E-state index in [0.29, 0.717) is 5.92 Å². The van der Waals surface area contributed by atoms with Crippen LogP contribution >= 0.6 is 0 Å². The summed E-state index contributed by atoms with van der Waals surface area (Å²) in [4.78, 5) is 0. The van der Waals surface area contributed by atoms with E-state index in [1.807, 2.05) is 0 Å². The van der Waals surface area contributed by atoms with Gasteiger partial charge in [0.05, 0.1) is 0 Å². The molecule has 0 saturated heterocycles. The summed E-state index contributed by atoms with van der Waals surface area (Å²) in [5, 5.41) is 0. The van der Waals surface area contributed by atoms with Gasteiger partial charge in [0.2, 0.25) is 0 Å². The molecule has 2 aromatic carbocycles. The lowest BCUT2D eigenvalue weighted by molar-refractivity contribution is 0.732. The fraction of sp³-hybridized carbons (Fsp3) is 0.429. The van der Waals surface area contributed by atoms with Crippen LogP contribution in [0.3, 0.4) is 0 Å². The number of hydrogen-bond acceptors (Lipinski definition) is 0. The Balaban J connectivity index is 2.43. The van der Waals surface area contributed by atoms with E-state index in [1.54, 1.807) is 0 Å². The van der Waals surface area contributed by atoms with Crippen molar-refractivity contribution in [1.82, 2.24) is 0 Å². The Morgan fingerprint density at radius 1 is 0.773 bits per heavy atom. The smallest absolute Gasteiger partial charge is 0.0757 e. The molecule has 1 atom stereocenters. The highest BCUT2D eigenvalue weighted by Crippen LogP contribution is 2.20. The lowest BCUT2D eigenvalue weighted by Crippen LogP contribution is -2.34. The van der Waals surface area contributed by atoms with Crippen LogP contribution in [0.5, 0.6) is 0 Å². The molecule has 0 spiro atoms. The first-order chi connectivity index (χ1) is 10.3. The van der Waals surface area contributed by atoms with Crippen molar-refractivity contribution >= 4 is 18.2 Å². The number of aryl methyl sites for hydroxylation is 5. The molecule has 2 rings (SSSR count). The summed E-state index contributed by atoms with van der Waals surface area (Å²) >= 11 is 0. The van der Waals surface area contributed by atoms with Crippen molar-refractivity contribution in [3.63, 3.8) is 0 Å². The van der Waals surface area contributed by atoms with Gasteiger partial charge >= 0.3 is 0 Å². The largest absolute Gasteiger partial charge is 0.192 e. The molecule has 0 nitrogen and oxygen atoms in total. The van der Waals surface area contributed by atoms with Gasteiger partial charge in [0.1, 0.15) is 0 Å². The maximum absolute atomic E-state index is 2.37. The molecule has 0 fully saturated rings. The summed E-state index contributed by atoms with van der Waals surface area (Å²) in [6, 6.07) is 9.28. The van der Waals surface area contributed by atoms with E-state index in [1.165, 1.54) is 50.7 Å². The van der Waals surface area contributed by atoms with Crippen LogP contribution < -0.4 is 10.9 Å². The van der Waals surface area contributed by atoms with Crippen LogP contribution in [0, 0.1) is 34.6 Å². The van der Waals surface area contributed by atoms with E-state index in [4.69, 9.17) is 0 Å². The van der Waals surface area contributed by atoms with Gasteiger partial charge < -0.3 is 0 Å². The van der Waals surface area contributed by atoms with Crippen molar-refractivity contribution in [2.24, 2.45) is 0 Å². The van der Waals surface area contributed by atoms with E-state index in [0.717, 1.165) is 0 Å². The molecule has 0 saturated carbocycles. The van der Waals surface area contributed by atoms with Crippen molar-refractivity contribution < 1.29 is 0 Å². The van der Waals surface area contributed by atoms with E-state index in [9.17, 15) is 0 Å². The summed E-state index contributed by atoms with van der Waals surface area (Å²) in [5.74, 6) is 0.634. The molecule has 0 bridgehead atoms. The molecular formula is C21H28B. The predicted octanol–water partition coefficient (Wildman–Crippen LogP) is 4.40. The highest BCUT2D eigenvalue weighted by Gasteiger charge is 2.13. The van der Waals surface area contributed by atoms with Gasteiger partial charge in [0.25, 0.3) is 0 Å². The summed E-state index contributed by atoms with van der Waals surface area (Å²) in [5.41, 5.74) is 11.0. The van der Waals surface area contributed by atoms with E-state index in [-0.39, 0.29) is 0 Å². The third-order valence-corrected chi connectivity index (χ3v) is 4.82. The van der Waals surface area contributed by atoms with E-state index >= 15 is 0 Å². The van der Waals surface area contributed by atoms with Gasteiger partial charge in [-0.2, -0.15) is 0 Å². The molecule has 0 aliphatic rings. The minimum atomic E-state index is 0.634. The number of benzene rings is 2. The standard InChI is InChI=1S/C21H28B/c1-8-14(3)19-11-17(6)21(18(7)12-19)22-20-15(4)9-13(2)10-16(20)5/h9-12,14H,8H2,1-7H3. The summed E-state index contributed by atoms with van der Waals surface area (Å²) < 4.78 is 0. The first-order valence-corrected chi connectivity index (χ1v) is 8.37. The third kappa shape index (κ3) is 3.46. The van der Waals surface area contributed by atoms with Crippen LogP contribution in [0.4, 0.5) is 0 Å². The Labute approximate surface area is 137 Å². The molecule has 0 aliphatic carbocycles. The topological polar surface area (TPSA) is 0 Å². The Hall–Kier alpha value is -1.50. The van der Waals surface area contributed by atoms with Crippen LogP contribution in [0.1, 0.15) is 59.6 Å². The minimum absolute atomic E-state index is 0.634. The lowest BCUT2D eigenvalue weighted by Gasteiger charge is -2.18. The van der Waals surface area contributed by atoms with E-state index in [2.05, 4.69) is 80.0 Å². The van der Waals surface area contributed by atoms with Crippen molar-refractivity contribution in [3.05, 3.63) is 57.6 Å². The minimum Gasteiger partial charge on any atom is -0.0757 e. The molecule has 0 amide bonds. The van der Waals surface area contributed by atoms with Crippen LogP contribution in [0.25, 0.3) is 0 Å². The SMILES string of the molecule is CCC(C)c1cc(C)c([B]c2c(C)cc(C)cc2C)c(C)c1. The monoisotopic (exact) mass is 291 g/mol. The zero-order valence-corrected chi connectivity index (χ0v) is 15.2. The molecule has 0 aromatic heterocycles. The van der Waals surface area contributed by atoms with Crippen LogP contribution in [-0.2, 0) is 0 Å². The lowest BCUT2D eigenvalue weighted by atomic mass is 9.58. The van der Waals surface area contributed by atoms with Crippen LogP contribution in [-0.4, -0.2) is 7.28 Å². The summed E-state index contributed by atoms with van der Waals surface area (Å²) in [7, 11) is 2.37. The van der Waals surface area contributed by atoms with Crippen molar-refractivity contribution in [1.29, 1.82) is 0 Å². The van der Waals surface area contributed by atoms with Gasteiger partial charge in [-0.1, -0.05) is 76.9 Å². The van der Waals surface area contributed by atoms with Gasteiger partial charge in [0.15, 0.2) is 7.28 Å². The van der Waals surface area contributed by atoms with Crippen molar-refractivity contribution in [2.75, 3.05) is 0 Å². The first kappa shape index (κ1) is 16.9. The molecule has 0 N–H and O–H groups in total. The number of rotatable bonds is 4. The molecule has 22 heavy (non-hydrogen) atoms. The molecule has 1 radical (unpaired) electrons. The van der Waals surface area contributed by atoms with Gasteiger partial charge in [-0.25, -0.2) is 0 Å². The molecular weight excluding hydrogens is 263 g/mol. The van der Waals surface area contributed by atoms with Crippen molar-refractivity contribution in [2.45, 2.75) is 60.8 Å². The highest BCUT2D eigenvalue weighted by atomic mass is 14.1. The zero-order valence-electron chi connectivity index (χ0n) is 15.2. The second-order valence-corrected chi connectivity index (χ2v) is 6.83. The van der Waals surface area contributed by atoms with E-state index < -0.39 is 0 Å². The summed E-state index contributed by atoms with van der Waals surface area (Å²) in [6.07, 6.45) is 1.19. The predicted molar refractivity (Wildman–Crippen MR) is 100 cm³/mol. The van der Waals surface area contributed by atoms with Gasteiger partial charge in [0, 0.05) is 0 Å². The molecule has 0 aliphatic heterocycles. The summed E-state index contributed by atoms with van der Waals surface area (Å²) in [6.45, 7) is 15.6. The first-order valence-electron chi connectivity index (χ1n) is 8.37. The Kier molecular flexibility index (Phi) is 5.16. The Morgan fingerprint density at radius 3 is 1.59 bits per heavy atom. The second kappa shape index (κ2) is 6.73. The quantitative estimate of drug-likeness (QED) is 0.733.